The van der Waals surface area contributed by atoms with Gasteiger partial charge in [-0.2, -0.15) is 14.7 Å². The second kappa shape index (κ2) is 4.99. The van der Waals surface area contributed by atoms with Crippen molar-refractivity contribution in [2.45, 2.75) is 19.8 Å². The van der Waals surface area contributed by atoms with Crippen molar-refractivity contribution in [2.24, 2.45) is 0 Å². The van der Waals surface area contributed by atoms with Crippen LogP contribution in [0.25, 0.3) is 27.2 Å². The highest BCUT2D eigenvalue weighted by Gasteiger charge is 2.17. The summed E-state index contributed by atoms with van der Waals surface area (Å²) >= 11 is 1.46. The van der Waals surface area contributed by atoms with Crippen molar-refractivity contribution in [1.29, 1.82) is 0 Å². The van der Waals surface area contributed by atoms with E-state index in [0.29, 0.717) is 11.7 Å². The van der Waals surface area contributed by atoms with Gasteiger partial charge in [-0.3, -0.25) is 10.1 Å². The molecule has 0 saturated heterocycles. The molecule has 4 rings (SSSR count). The van der Waals surface area contributed by atoms with Crippen LogP contribution in [-0.4, -0.2) is 35.0 Å². The zero-order valence-corrected chi connectivity index (χ0v) is 12.9. The quantitative estimate of drug-likeness (QED) is 0.629. The smallest absolute Gasteiger partial charge is 0.235 e. The van der Waals surface area contributed by atoms with E-state index in [1.165, 1.54) is 11.3 Å². The van der Waals surface area contributed by atoms with E-state index in [1.54, 1.807) is 10.7 Å². The van der Waals surface area contributed by atoms with Crippen molar-refractivity contribution in [3.05, 3.63) is 36.2 Å². The largest absolute Gasteiger partial charge is 0.282 e. The molecule has 0 amide bonds. The van der Waals surface area contributed by atoms with E-state index >= 15 is 0 Å². The van der Waals surface area contributed by atoms with Gasteiger partial charge in [-0.1, -0.05) is 31.3 Å². The van der Waals surface area contributed by atoms with Crippen molar-refractivity contribution in [1.82, 2.24) is 35.0 Å². The Kier molecular flexibility index (Phi) is 2.97. The Labute approximate surface area is 130 Å². The second-order valence-corrected chi connectivity index (χ2v) is 6.16. The lowest BCUT2D eigenvalue weighted by molar-refractivity contribution is 0.810. The summed E-state index contributed by atoms with van der Waals surface area (Å²) in [6, 6.07) is 7.70. The Bertz CT molecular complexity index is 919. The van der Waals surface area contributed by atoms with Crippen LogP contribution >= 0.6 is 11.3 Å². The van der Waals surface area contributed by atoms with Crippen LogP contribution in [-0.2, 0) is 0 Å². The fourth-order valence-corrected chi connectivity index (χ4v) is 2.92. The van der Waals surface area contributed by atoms with E-state index in [9.17, 15) is 0 Å². The van der Waals surface area contributed by atoms with Crippen LogP contribution in [0.5, 0.6) is 0 Å². The average Bonchev–Trinajstić information content (AvgIpc) is 3.22. The Morgan fingerprint density at radius 3 is 2.82 bits per heavy atom. The predicted molar refractivity (Wildman–Crippen MR) is 83.6 cm³/mol. The third-order valence-corrected chi connectivity index (χ3v) is 4.24. The summed E-state index contributed by atoms with van der Waals surface area (Å²) in [4.78, 5) is 5.03. The molecule has 0 fully saturated rings. The highest BCUT2D eigenvalue weighted by atomic mass is 32.1. The third-order valence-electron chi connectivity index (χ3n) is 3.32. The predicted octanol–water partition coefficient (Wildman–Crippen LogP) is 2.76. The third kappa shape index (κ3) is 2.08. The van der Waals surface area contributed by atoms with Crippen LogP contribution in [0.15, 0.2) is 30.5 Å². The van der Waals surface area contributed by atoms with Crippen molar-refractivity contribution >= 4 is 16.3 Å². The van der Waals surface area contributed by atoms with Crippen LogP contribution in [0.2, 0.25) is 0 Å². The maximum absolute atomic E-state index is 4.58. The molecule has 0 radical (unpaired) electrons. The van der Waals surface area contributed by atoms with Gasteiger partial charge in [-0.15, -0.1) is 10.2 Å². The number of rotatable bonds is 3. The number of nitrogens with zero attached hydrogens (tertiary/aromatic N) is 6. The molecule has 0 saturated carbocycles. The van der Waals surface area contributed by atoms with Gasteiger partial charge in [0.15, 0.2) is 5.01 Å². The van der Waals surface area contributed by atoms with E-state index in [-0.39, 0.29) is 0 Å². The lowest BCUT2D eigenvalue weighted by Gasteiger charge is -1.96. The summed E-state index contributed by atoms with van der Waals surface area (Å²) in [5.41, 5.74) is 2.66. The minimum absolute atomic E-state index is 0.399. The molecule has 0 aromatic carbocycles. The molecule has 8 heteroatoms. The molecule has 0 aliphatic rings. The number of fused-ring (bicyclic) bond motifs is 1. The van der Waals surface area contributed by atoms with Gasteiger partial charge in [0.2, 0.25) is 10.8 Å². The molecule has 0 atom stereocenters. The van der Waals surface area contributed by atoms with Crippen molar-refractivity contribution < 1.29 is 0 Å². The number of aromatic nitrogens is 7. The molecule has 0 spiro atoms. The molecule has 22 heavy (non-hydrogen) atoms. The lowest BCUT2D eigenvalue weighted by atomic mass is 10.1. The molecular weight excluding hydrogens is 298 g/mol. The molecule has 0 aliphatic heterocycles. The Morgan fingerprint density at radius 2 is 2.09 bits per heavy atom. The Hall–Kier alpha value is -2.61. The molecular formula is C14H13N7S. The van der Waals surface area contributed by atoms with Crippen LogP contribution in [0, 0.1) is 0 Å². The summed E-state index contributed by atoms with van der Waals surface area (Å²) in [5.74, 6) is 1.04. The van der Waals surface area contributed by atoms with E-state index in [1.807, 2.05) is 24.3 Å². The minimum Gasteiger partial charge on any atom is -0.282 e. The fraction of sp³-hybridized carbons (Fsp3) is 0.214. The molecule has 0 aliphatic carbocycles. The van der Waals surface area contributed by atoms with E-state index in [2.05, 4.69) is 44.3 Å². The monoisotopic (exact) mass is 311 g/mol. The number of nitrogens with one attached hydrogen (secondary N) is 1. The van der Waals surface area contributed by atoms with Crippen molar-refractivity contribution in [2.75, 3.05) is 0 Å². The maximum atomic E-state index is 4.58. The summed E-state index contributed by atoms with van der Waals surface area (Å²) in [7, 11) is 0. The fourth-order valence-electron chi connectivity index (χ4n) is 2.12. The summed E-state index contributed by atoms with van der Waals surface area (Å²) in [6.45, 7) is 4.24. The molecule has 110 valence electrons. The first-order valence-corrected chi connectivity index (χ1v) is 7.73. The van der Waals surface area contributed by atoms with Gasteiger partial charge in [0.05, 0.1) is 0 Å². The molecule has 7 nitrogen and oxygen atoms in total. The molecule has 4 heterocycles. The first-order valence-electron chi connectivity index (χ1n) is 6.91. The first kappa shape index (κ1) is 13.1. The Morgan fingerprint density at radius 1 is 1.18 bits per heavy atom. The Balaban J connectivity index is 1.80. The number of hydrogen-bond acceptors (Lipinski definition) is 6. The second-order valence-electron chi connectivity index (χ2n) is 5.20. The molecule has 4 aromatic rings. The SMILES string of the molecule is CC(C)c1cc(-c2nn3c(-c4ccccn4)nnc3s2)n[nH]1. The van der Waals surface area contributed by atoms with Crippen molar-refractivity contribution in [3.8, 4) is 22.2 Å². The molecule has 4 aromatic heterocycles. The summed E-state index contributed by atoms with van der Waals surface area (Å²) in [6.07, 6.45) is 1.73. The van der Waals surface area contributed by atoms with Crippen LogP contribution < -0.4 is 0 Å². The number of pyridine rings is 1. The number of aromatic amines is 1. The van der Waals surface area contributed by atoms with Crippen LogP contribution in [0.3, 0.4) is 0 Å². The van der Waals surface area contributed by atoms with Gasteiger partial charge in [0, 0.05) is 11.9 Å². The summed E-state index contributed by atoms with van der Waals surface area (Å²) < 4.78 is 1.71. The highest BCUT2D eigenvalue weighted by molar-refractivity contribution is 7.19. The van der Waals surface area contributed by atoms with Gasteiger partial charge in [0.25, 0.3) is 0 Å². The maximum Gasteiger partial charge on any atom is 0.235 e. The zero-order valence-electron chi connectivity index (χ0n) is 12.1. The molecule has 0 unspecified atom stereocenters. The van der Waals surface area contributed by atoms with Gasteiger partial charge in [-0.25, -0.2) is 0 Å². The topological polar surface area (TPSA) is 84.7 Å². The number of H-pyrrole nitrogens is 1. The lowest BCUT2D eigenvalue weighted by Crippen LogP contribution is -1.92. The first-order chi connectivity index (χ1) is 10.7. The minimum atomic E-state index is 0.399. The van der Waals surface area contributed by atoms with E-state index < -0.39 is 0 Å². The highest BCUT2D eigenvalue weighted by Crippen LogP contribution is 2.27. The van der Waals surface area contributed by atoms with Crippen LogP contribution in [0.4, 0.5) is 0 Å². The normalized spacial score (nSPS) is 11.6. The molecule has 1 N–H and O–H groups in total. The van der Waals surface area contributed by atoms with Crippen molar-refractivity contribution in [3.63, 3.8) is 0 Å². The number of hydrogen-bond donors (Lipinski definition) is 1. The van der Waals surface area contributed by atoms with Gasteiger partial charge < -0.3 is 0 Å². The van der Waals surface area contributed by atoms with Gasteiger partial charge in [0.1, 0.15) is 11.4 Å². The van der Waals surface area contributed by atoms with E-state index in [0.717, 1.165) is 27.1 Å². The molecule has 0 bridgehead atoms. The van der Waals surface area contributed by atoms with Gasteiger partial charge in [-0.05, 0) is 24.1 Å². The van der Waals surface area contributed by atoms with Crippen LogP contribution in [0.1, 0.15) is 25.5 Å². The summed E-state index contributed by atoms with van der Waals surface area (Å²) in [5, 5.41) is 21.1. The standard InChI is InChI=1S/C14H13N7S/c1-8(2)10-7-11(17-16-10)13-20-21-12(18-19-14(21)22-13)9-5-3-4-6-15-9/h3-8H,1-2H3,(H,16,17). The van der Waals surface area contributed by atoms with E-state index in [4.69, 9.17) is 0 Å². The van der Waals surface area contributed by atoms with Gasteiger partial charge >= 0.3 is 0 Å². The average molecular weight is 311 g/mol. The zero-order chi connectivity index (χ0) is 15.1.